The lowest BCUT2D eigenvalue weighted by Gasteiger charge is -2.44. The number of aryl methyl sites for hydroxylation is 1. The predicted molar refractivity (Wildman–Crippen MR) is 108 cm³/mol. The second-order valence-corrected chi connectivity index (χ2v) is 10.1. The van der Waals surface area contributed by atoms with Crippen LogP contribution in [0, 0.1) is 11.3 Å². The van der Waals surface area contributed by atoms with E-state index in [-0.39, 0.29) is 11.5 Å². The van der Waals surface area contributed by atoms with Crippen molar-refractivity contribution in [3.05, 3.63) is 35.4 Å². The van der Waals surface area contributed by atoms with Crippen molar-refractivity contribution in [1.29, 1.82) is 0 Å². The van der Waals surface area contributed by atoms with Gasteiger partial charge in [0.25, 0.3) is 0 Å². The number of fused-ring (bicyclic) bond motifs is 2. The van der Waals surface area contributed by atoms with Crippen molar-refractivity contribution >= 4 is 6.09 Å². The summed E-state index contributed by atoms with van der Waals surface area (Å²) in [4.78, 5) is 13.3. The van der Waals surface area contributed by atoms with Gasteiger partial charge in [-0.15, -0.1) is 0 Å². The monoisotopic (exact) mass is 370 g/mol. The maximum absolute atomic E-state index is 11.6. The highest BCUT2D eigenvalue weighted by Crippen LogP contribution is 2.55. The fourth-order valence-electron chi connectivity index (χ4n) is 5.68. The van der Waals surface area contributed by atoms with E-state index >= 15 is 0 Å². The van der Waals surface area contributed by atoms with Crippen LogP contribution >= 0.6 is 0 Å². The SMILES string of the molecule is CC(C)(C)C1CC(CNC2CC23CCCc2ccccc23)CCN1C(=O)O. The first-order chi connectivity index (χ1) is 12.8. The standard InChI is InChI=1S/C23H34N2O2/c1-22(2,3)20-13-16(10-12-25(20)21(26)27)15-24-19-14-23(19)11-6-8-17-7-4-5-9-18(17)23/h4-5,7,9,16,19-20,24H,6,8,10-15H2,1-3H3,(H,26,27). The highest BCUT2D eigenvalue weighted by molar-refractivity contribution is 5.65. The van der Waals surface area contributed by atoms with Gasteiger partial charge in [-0.3, -0.25) is 0 Å². The van der Waals surface area contributed by atoms with Gasteiger partial charge in [0.05, 0.1) is 0 Å². The molecule has 1 amide bonds. The summed E-state index contributed by atoms with van der Waals surface area (Å²) < 4.78 is 0. The summed E-state index contributed by atoms with van der Waals surface area (Å²) in [6.07, 6.45) is 6.29. The van der Waals surface area contributed by atoms with Gasteiger partial charge >= 0.3 is 6.09 Å². The van der Waals surface area contributed by atoms with Crippen LogP contribution in [0.3, 0.4) is 0 Å². The molecule has 1 aromatic carbocycles. The molecule has 3 aliphatic rings. The summed E-state index contributed by atoms with van der Waals surface area (Å²) in [5.41, 5.74) is 3.50. The predicted octanol–water partition coefficient (Wildman–Crippen LogP) is 4.43. The van der Waals surface area contributed by atoms with E-state index in [4.69, 9.17) is 0 Å². The second-order valence-electron chi connectivity index (χ2n) is 10.1. The Morgan fingerprint density at radius 1 is 1.33 bits per heavy atom. The molecule has 1 saturated carbocycles. The summed E-state index contributed by atoms with van der Waals surface area (Å²) in [5, 5.41) is 13.4. The Labute approximate surface area is 163 Å². The lowest BCUT2D eigenvalue weighted by Crippen LogP contribution is -2.52. The molecule has 4 unspecified atom stereocenters. The Hall–Kier alpha value is -1.55. The van der Waals surface area contributed by atoms with Crippen LogP contribution in [0.2, 0.25) is 0 Å². The quantitative estimate of drug-likeness (QED) is 0.828. The van der Waals surface area contributed by atoms with E-state index < -0.39 is 6.09 Å². The number of carboxylic acid groups (broad SMARTS) is 1. The Morgan fingerprint density at radius 3 is 2.85 bits per heavy atom. The Morgan fingerprint density at radius 2 is 2.11 bits per heavy atom. The fourth-order valence-corrected chi connectivity index (χ4v) is 5.68. The summed E-state index contributed by atoms with van der Waals surface area (Å²) in [6, 6.07) is 9.73. The largest absolute Gasteiger partial charge is 0.465 e. The van der Waals surface area contributed by atoms with Gasteiger partial charge in [-0.05, 0) is 67.5 Å². The van der Waals surface area contributed by atoms with Crippen molar-refractivity contribution < 1.29 is 9.90 Å². The van der Waals surface area contributed by atoms with Crippen LogP contribution in [-0.4, -0.2) is 41.3 Å². The van der Waals surface area contributed by atoms with E-state index in [2.05, 4.69) is 50.4 Å². The smallest absolute Gasteiger partial charge is 0.407 e. The molecule has 4 atom stereocenters. The first-order valence-electron chi connectivity index (χ1n) is 10.6. The van der Waals surface area contributed by atoms with Crippen molar-refractivity contribution in [2.45, 2.75) is 76.8 Å². The molecule has 4 heteroatoms. The minimum atomic E-state index is -0.763. The number of nitrogens with zero attached hydrogens (tertiary/aromatic N) is 1. The van der Waals surface area contributed by atoms with Crippen LogP contribution in [0.4, 0.5) is 4.79 Å². The maximum Gasteiger partial charge on any atom is 0.407 e. The van der Waals surface area contributed by atoms with Crippen molar-refractivity contribution in [3.8, 4) is 0 Å². The highest BCUT2D eigenvalue weighted by Gasteiger charge is 2.56. The number of amides is 1. The van der Waals surface area contributed by atoms with E-state index in [9.17, 15) is 9.90 Å². The number of piperidine rings is 1. The van der Waals surface area contributed by atoms with Gasteiger partial charge < -0.3 is 15.3 Å². The van der Waals surface area contributed by atoms with Gasteiger partial charge in [0, 0.05) is 24.0 Å². The van der Waals surface area contributed by atoms with Crippen molar-refractivity contribution in [1.82, 2.24) is 10.2 Å². The van der Waals surface area contributed by atoms with Crippen molar-refractivity contribution in [2.75, 3.05) is 13.1 Å². The van der Waals surface area contributed by atoms with Crippen molar-refractivity contribution in [2.24, 2.45) is 11.3 Å². The van der Waals surface area contributed by atoms with Gasteiger partial charge in [0.2, 0.25) is 0 Å². The lowest BCUT2D eigenvalue weighted by atomic mass is 9.77. The molecule has 4 nitrogen and oxygen atoms in total. The normalized spacial score (nSPS) is 33.0. The number of hydrogen-bond donors (Lipinski definition) is 2. The van der Waals surface area contributed by atoms with Crippen LogP contribution in [0.5, 0.6) is 0 Å². The average Bonchev–Trinajstić information content (AvgIpc) is 3.32. The molecule has 1 saturated heterocycles. The molecule has 1 spiro atoms. The number of hydrogen-bond acceptors (Lipinski definition) is 2. The van der Waals surface area contributed by atoms with Crippen molar-refractivity contribution in [3.63, 3.8) is 0 Å². The molecule has 2 fully saturated rings. The molecule has 0 radical (unpaired) electrons. The van der Waals surface area contributed by atoms with Crippen LogP contribution < -0.4 is 5.32 Å². The van der Waals surface area contributed by atoms with Crippen LogP contribution in [-0.2, 0) is 11.8 Å². The zero-order valence-corrected chi connectivity index (χ0v) is 17.0. The van der Waals surface area contributed by atoms with Gasteiger partial charge in [-0.2, -0.15) is 0 Å². The summed E-state index contributed by atoms with van der Waals surface area (Å²) in [6.45, 7) is 8.19. The van der Waals surface area contributed by atoms with Crippen LogP contribution in [0.15, 0.2) is 24.3 Å². The molecule has 2 N–H and O–H groups in total. The van der Waals surface area contributed by atoms with Crippen LogP contribution in [0.25, 0.3) is 0 Å². The Bertz CT molecular complexity index is 711. The molecule has 1 aliphatic heterocycles. The van der Waals surface area contributed by atoms with E-state index in [0.717, 1.165) is 19.4 Å². The third kappa shape index (κ3) is 3.49. The third-order valence-electron chi connectivity index (χ3n) is 7.31. The first-order valence-corrected chi connectivity index (χ1v) is 10.6. The van der Waals surface area contributed by atoms with E-state index in [1.54, 1.807) is 16.0 Å². The van der Waals surface area contributed by atoms with Gasteiger partial charge in [-0.1, -0.05) is 45.0 Å². The van der Waals surface area contributed by atoms with Gasteiger partial charge in [0.15, 0.2) is 0 Å². The van der Waals surface area contributed by atoms with Crippen LogP contribution in [0.1, 0.15) is 64.0 Å². The van der Waals surface area contributed by atoms with E-state index in [0.29, 0.717) is 23.9 Å². The maximum atomic E-state index is 11.6. The molecule has 0 aromatic heterocycles. The zero-order chi connectivity index (χ0) is 19.2. The first kappa shape index (κ1) is 18.8. The second kappa shape index (κ2) is 6.80. The summed E-state index contributed by atoms with van der Waals surface area (Å²) in [5.74, 6) is 0.571. The van der Waals surface area contributed by atoms with E-state index in [1.165, 1.54) is 25.7 Å². The zero-order valence-electron chi connectivity index (χ0n) is 17.0. The number of carbonyl (C=O) groups is 1. The summed E-state index contributed by atoms with van der Waals surface area (Å²) in [7, 11) is 0. The average molecular weight is 371 g/mol. The Kier molecular flexibility index (Phi) is 4.74. The minimum absolute atomic E-state index is 0.0137. The summed E-state index contributed by atoms with van der Waals surface area (Å²) >= 11 is 0. The Balaban J connectivity index is 1.38. The molecular formula is C23H34N2O2. The molecule has 148 valence electrons. The molecule has 2 aliphatic carbocycles. The highest BCUT2D eigenvalue weighted by atomic mass is 16.4. The topological polar surface area (TPSA) is 52.6 Å². The molecular weight excluding hydrogens is 336 g/mol. The molecule has 4 rings (SSSR count). The van der Waals surface area contributed by atoms with E-state index in [1.807, 2.05) is 0 Å². The molecule has 1 heterocycles. The minimum Gasteiger partial charge on any atom is -0.465 e. The molecule has 1 aromatic rings. The number of likely N-dealkylation sites (tertiary alicyclic amines) is 1. The fraction of sp³-hybridized carbons (Fsp3) is 0.696. The van der Waals surface area contributed by atoms with Gasteiger partial charge in [-0.25, -0.2) is 4.79 Å². The molecule has 27 heavy (non-hydrogen) atoms. The molecule has 0 bridgehead atoms. The lowest BCUT2D eigenvalue weighted by molar-refractivity contribution is 0.0405. The third-order valence-corrected chi connectivity index (χ3v) is 7.31. The number of nitrogens with one attached hydrogen (secondary N) is 1. The number of benzene rings is 1. The number of rotatable bonds is 3. The van der Waals surface area contributed by atoms with Gasteiger partial charge in [0.1, 0.15) is 0 Å².